The average molecular weight is 503 g/mol. The molecular formula is C24H23ClN2O6S. The highest BCUT2D eigenvalue weighted by Gasteiger charge is 2.18. The Morgan fingerprint density at radius 2 is 1.62 bits per heavy atom. The summed E-state index contributed by atoms with van der Waals surface area (Å²) in [6, 6.07) is 16.8. The number of nitrogens with one attached hydrogen (secondary N) is 1. The molecule has 0 aromatic heterocycles. The average Bonchev–Trinajstić information content (AvgIpc) is 2.81. The monoisotopic (exact) mass is 502 g/mol. The van der Waals surface area contributed by atoms with E-state index in [1.807, 2.05) is 13.8 Å². The summed E-state index contributed by atoms with van der Waals surface area (Å²) in [5.74, 6) is 0.562. The van der Waals surface area contributed by atoms with Crippen molar-refractivity contribution in [2.45, 2.75) is 18.7 Å². The van der Waals surface area contributed by atoms with E-state index in [0.29, 0.717) is 40.9 Å². The van der Waals surface area contributed by atoms with Gasteiger partial charge in [0, 0.05) is 16.1 Å². The van der Waals surface area contributed by atoms with Gasteiger partial charge in [-0.15, -0.1) is 0 Å². The summed E-state index contributed by atoms with van der Waals surface area (Å²) in [4.78, 5) is 12.5. The van der Waals surface area contributed by atoms with Crippen molar-refractivity contribution in [3.8, 4) is 17.2 Å². The van der Waals surface area contributed by atoms with Crippen molar-refractivity contribution in [3.05, 3.63) is 82.9 Å². The van der Waals surface area contributed by atoms with Crippen molar-refractivity contribution >= 4 is 33.8 Å². The second-order valence-corrected chi connectivity index (χ2v) is 8.74. The summed E-state index contributed by atoms with van der Waals surface area (Å²) in [5.41, 5.74) is 3.08. The maximum Gasteiger partial charge on any atom is 0.339 e. The van der Waals surface area contributed by atoms with Gasteiger partial charge in [0.15, 0.2) is 17.2 Å². The maximum atomic E-state index is 12.6. The second-order valence-electron chi connectivity index (χ2n) is 6.76. The minimum absolute atomic E-state index is 0.0439. The van der Waals surface area contributed by atoms with Crippen molar-refractivity contribution in [2.24, 2.45) is 5.10 Å². The van der Waals surface area contributed by atoms with Crippen molar-refractivity contribution in [2.75, 3.05) is 13.2 Å². The number of carbonyl (C=O) groups is 1. The van der Waals surface area contributed by atoms with Gasteiger partial charge >= 0.3 is 10.1 Å². The lowest BCUT2D eigenvalue weighted by atomic mass is 10.2. The van der Waals surface area contributed by atoms with E-state index in [0.717, 1.165) is 0 Å². The predicted octanol–water partition coefficient (Wildman–Crippen LogP) is 4.67. The highest BCUT2D eigenvalue weighted by molar-refractivity contribution is 7.87. The van der Waals surface area contributed by atoms with Crippen LogP contribution in [-0.2, 0) is 10.1 Å². The predicted molar refractivity (Wildman–Crippen MR) is 130 cm³/mol. The fourth-order valence-corrected chi connectivity index (χ4v) is 3.93. The van der Waals surface area contributed by atoms with E-state index in [2.05, 4.69) is 10.5 Å². The zero-order valence-corrected chi connectivity index (χ0v) is 20.1. The SMILES string of the molecule is CCOc1ccc(C(=O)N/N=C/c2ccccc2OS(=O)(=O)c2ccc(Cl)cc2)cc1OCC. The first kappa shape index (κ1) is 25.1. The lowest BCUT2D eigenvalue weighted by molar-refractivity contribution is 0.0954. The van der Waals surface area contributed by atoms with E-state index in [4.69, 9.17) is 25.3 Å². The Balaban J connectivity index is 1.74. The van der Waals surface area contributed by atoms with Crippen LogP contribution in [0.15, 0.2) is 76.7 Å². The molecule has 1 N–H and O–H groups in total. The molecule has 0 saturated heterocycles. The minimum Gasteiger partial charge on any atom is -0.490 e. The van der Waals surface area contributed by atoms with Crippen LogP contribution in [0.1, 0.15) is 29.8 Å². The molecule has 3 aromatic carbocycles. The molecule has 0 saturated carbocycles. The highest BCUT2D eigenvalue weighted by Crippen LogP contribution is 2.28. The Bertz CT molecular complexity index is 1280. The van der Waals surface area contributed by atoms with Crippen LogP contribution in [0.25, 0.3) is 0 Å². The first-order valence-corrected chi connectivity index (χ1v) is 12.1. The second kappa shape index (κ2) is 11.5. The number of para-hydroxylation sites is 1. The molecule has 0 aliphatic carbocycles. The van der Waals surface area contributed by atoms with Crippen LogP contribution < -0.4 is 19.1 Å². The number of hydrogen-bond acceptors (Lipinski definition) is 7. The normalized spacial score (nSPS) is 11.3. The number of halogens is 1. The molecule has 0 aliphatic rings. The molecule has 3 aromatic rings. The summed E-state index contributed by atoms with van der Waals surface area (Å²) >= 11 is 5.82. The number of ether oxygens (including phenoxy) is 2. The number of hydrazone groups is 1. The Hall–Kier alpha value is -3.56. The molecule has 34 heavy (non-hydrogen) atoms. The zero-order valence-electron chi connectivity index (χ0n) is 18.5. The lowest BCUT2D eigenvalue weighted by Crippen LogP contribution is -2.18. The summed E-state index contributed by atoms with van der Waals surface area (Å²) in [7, 11) is -4.09. The van der Waals surface area contributed by atoms with Crippen molar-refractivity contribution in [1.82, 2.24) is 5.43 Å². The zero-order chi connectivity index (χ0) is 24.6. The van der Waals surface area contributed by atoms with E-state index in [9.17, 15) is 13.2 Å². The number of amides is 1. The molecule has 0 heterocycles. The fourth-order valence-electron chi connectivity index (χ4n) is 2.85. The van der Waals surface area contributed by atoms with Gasteiger partial charge in [0.05, 0.1) is 19.4 Å². The van der Waals surface area contributed by atoms with Crippen LogP contribution in [0.4, 0.5) is 0 Å². The van der Waals surface area contributed by atoms with Gasteiger partial charge in [0.25, 0.3) is 5.91 Å². The molecule has 0 radical (unpaired) electrons. The number of benzene rings is 3. The molecular weight excluding hydrogens is 480 g/mol. The van der Waals surface area contributed by atoms with Gasteiger partial charge in [0.2, 0.25) is 0 Å². The van der Waals surface area contributed by atoms with Gasteiger partial charge < -0.3 is 13.7 Å². The third-order valence-electron chi connectivity index (χ3n) is 4.40. The fraction of sp³-hybridized carbons (Fsp3) is 0.167. The number of nitrogens with zero attached hydrogens (tertiary/aromatic N) is 1. The van der Waals surface area contributed by atoms with Gasteiger partial charge in [-0.1, -0.05) is 23.7 Å². The Labute approximate surface area is 203 Å². The Morgan fingerprint density at radius 1 is 0.941 bits per heavy atom. The summed E-state index contributed by atoms with van der Waals surface area (Å²) < 4.78 is 41.5. The summed E-state index contributed by atoms with van der Waals surface area (Å²) in [6.45, 7) is 4.57. The Kier molecular flexibility index (Phi) is 8.50. The van der Waals surface area contributed by atoms with Crippen molar-refractivity contribution in [1.29, 1.82) is 0 Å². The van der Waals surface area contributed by atoms with Crippen LogP contribution in [0, 0.1) is 0 Å². The van der Waals surface area contributed by atoms with Crippen molar-refractivity contribution in [3.63, 3.8) is 0 Å². The van der Waals surface area contributed by atoms with E-state index in [-0.39, 0.29) is 10.6 Å². The maximum absolute atomic E-state index is 12.6. The molecule has 8 nitrogen and oxygen atoms in total. The highest BCUT2D eigenvalue weighted by atomic mass is 35.5. The largest absolute Gasteiger partial charge is 0.490 e. The quantitative estimate of drug-likeness (QED) is 0.245. The van der Waals surface area contributed by atoms with Gasteiger partial charge in [-0.3, -0.25) is 4.79 Å². The lowest BCUT2D eigenvalue weighted by Gasteiger charge is -2.12. The van der Waals surface area contributed by atoms with Gasteiger partial charge in [0.1, 0.15) is 4.90 Å². The molecule has 0 atom stereocenters. The van der Waals surface area contributed by atoms with Gasteiger partial charge in [-0.2, -0.15) is 13.5 Å². The molecule has 3 rings (SSSR count). The van der Waals surface area contributed by atoms with E-state index >= 15 is 0 Å². The smallest absolute Gasteiger partial charge is 0.339 e. The van der Waals surface area contributed by atoms with Gasteiger partial charge in [-0.05, 0) is 68.4 Å². The first-order valence-electron chi connectivity index (χ1n) is 10.4. The number of rotatable bonds is 10. The van der Waals surface area contributed by atoms with Crippen LogP contribution in [-0.4, -0.2) is 33.8 Å². The van der Waals surface area contributed by atoms with Crippen LogP contribution in [0.5, 0.6) is 17.2 Å². The number of hydrogen-bond donors (Lipinski definition) is 1. The molecule has 178 valence electrons. The molecule has 0 bridgehead atoms. The van der Waals surface area contributed by atoms with Crippen molar-refractivity contribution < 1.29 is 26.9 Å². The standard InChI is InChI=1S/C24H23ClN2O6S/c1-3-31-22-14-9-17(15-23(22)32-4-2)24(28)27-26-16-18-7-5-6-8-21(18)33-34(29,30)20-12-10-19(25)11-13-20/h5-16H,3-4H2,1-2H3,(H,27,28)/b26-16+. The molecule has 1 amide bonds. The third kappa shape index (κ3) is 6.49. The Morgan fingerprint density at radius 3 is 2.32 bits per heavy atom. The van der Waals surface area contributed by atoms with Crippen LogP contribution in [0.2, 0.25) is 5.02 Å². The van der Waals surface area contributed by atoms with Crippen LogP contribution in [0.3, 0.4) is 0 Å². The van der Waals surface area contributed by atoms with E-state index < -0.39 is 16.0 Å². The summed E-state index contributed by atoms with van der Waals surface area (Å²) in [5, 5.41) is 4.34. The van der Waals surface area contributed by atoms with Gasteiger partial charge in [-0.25, -0.2) is 5.43 Å². The first-order chi connectivity index (χ1) is 16.3. The molecule has 0 fully saturated rings. The summed E-state index contributed by atoms with van der Waals surface area (Å²) in [6.07, 6.45) is 1.29. The van der Waals surface area contributed by atoms with E-state index in [1.54, 1.807) is 36.4 Å². The molecule has 0 spiro atoms. The van der Waals surface area contributed by atoms with Crippen LogP contribution >= 0.6 is 11.6 Å². The molecule has 10 heteroatoms. The topological polar surface area (TPSA) is 103 Å². The molecule has 0 aliphatic heterocycles. The third-order valence-corrected chi connectivity index (χ3v) is 5.90. The number of carbonyl (C=O) groups excluding carboxylic acids is 1. The van der Waals surface area contributed by atoms with E-state index in [1.165, 1.54) is 36.5 Å². The minimum atomic E-state index is -4.09. The molecule has 0 unspecified atom stereocenters.